The van der Waals surface area contributed by atoms with Crippen molar-refractivity contribution < 1.29 is 32.2 Å². The molecule has 0 aliphatic carbocycles. The number of ether oxygens (including phenoxy) is 2. The van der Waals surface area contributed by atoms with Crippen LogP contribution in [0.25, 0.3) is 11.0 Å². The molecule has 5 rings (SSSR count). The van der Waals surface area contributed by atoms with E-state index in [9.17, 15) is 22.8 Å². The summed E-state index contributed by atoms with van der Waals surface area (Å²) >= 11 is 0. The number of nitrogens with zero attached hydrogens (tertiary/aromatic N) is 3. The van der Waals surface area contributed by atoms with Crippen LogP contribution in [0.5, 0.6) is 0 Å². The molecule has 0 spiro atoms. The lowest BCUT2D eigenvalue weighted by Crippen LogP contribution is -2.37. The minimum atomic E-state index is -4.58. The number of benzene rings is 3. The molecule has 0 bridgehead atoms. The van der Waals surface area contributed by atoms with E-state index < -0.39 is 23.7 Å². The van der Waals surface area contributed by atoms with Crippen molar-refractivity contribution in [2.45, 2.75) is 32.7 Å². The number of carbonyl (C=O) groups excluding carboxylic acids is 2. The summed E-state index contributed by atoms with van der Waals surface area (Å²) in [6.07, 6.45) is -4.33. The predicted octanol–water partition coefficient (Wildman–Crippen LogP) is 6.51. The second-order valence-electron chi connectivity index (χ2n) is 9.98. The Bertz CT molecular complexity index is 1540. The number of nitrogens with one attached hydrogen (secondary N) is 1. The van der Waals surface area contributed by atoms with Gasteiger partial charge in [0.25, 0.3) is 5.91 Å². The summed E-state index contributed by atoms with van der Waals surface area (Å²) in [5.74, 6) is -0.548. The van der Waals surface area contributed by atoms with Gasteiger partial charge in [-0.05, 0) is 54.3 Å². The van der Waals surface area contributed by atoms with Crippen molar-refractivity contribution in [2.24, 2.45) is 5.92 Å². The minimum Gasteiger partial charge on any atom is -0.449 e. The number of aromatic nitrogens is 2. The molecule has 1 saturated heterocycles. The SMILES string of the molecule is CC(COCc1ccccc1)Cn1c(NC(=O)c2cccc(C(F)(F)F)c2)nc2cc(N3CCCOC3=O)ccc21. The third-order valence-electron chi connectivity index (χ3n) is 6.70. The van der Waals surface area contributed by atoms with E-state index in [-0.39, 0.29) is 17.4 Å². The number of alkyl halides is 3. The van der Waals surface area contributed by atoms with Gasteiger partial charge in [-0.2, -0.15) is 13.2 Å². The largest absolute Gasteiger partial charge is 0.449 e. The molecule has 1 unspecified atom stereocenters. The van der Waals surface area contributed by atoms with E-state index in [0.717, 1.165) is 17.7 Å². The molecule has 3 aromatic carbocycles. The van der Waals surface area contributed by atoms with E-state index in [1.165, 1.54) is 17.0 Å². The summed E-state index contributed by atoms with van der Waals surface area (Å²) in [5, 5.41) is 2.69. The van der Waals surface area contributed by atoms with Gasteiger partial charge in [-0.1, -0.05) is 43.3 Å². The molecule has 1 aliphatic heterocycles. The van der Waals surface area contributed by atoms with Crippen LogP contribution >= 0.6 is 0 Å². The molecule has 1 aromatic heterocycles. The molecule has 2 amide bonds. The second kappa shape index (κ2) is 12.0. The van der Waals surface area contributed by atoms with Gasteiger partial charge in [0.2, 0.25) is 5.95 Å². The van der Waals surface area contributed by atoms with Crippen molar-refractivity contribution in [1.82, 2.24) is 9.55 Å². The van der Waals surface area contributed by atoms with Gasteiger partial charge in [0.05, 0.1) is 36.4 Å². The third kappa shape index (κ3) is 6.68. The number of hydrogen-bond acceptors (Lipinski definition) is 5. The molecule has 4 aromatic rings. The van der Waals surface area contributed by atoms with Crippen LogP contribution in [0.2, 0.25) is 0 Å². The highest BCUT2D eigenvalue weighted by molar-refractivity contribution is 6.04. The van der Waals surface area contributed by atoms with Gasteiger partial charge < -0.3 is 14.0 Å². The van der Waals surface area contributed by atoms with Crippen LogP contribution in [0.1, 0.15) is 34.8 Å². The van der Waals surface area contributed by atoms with Gasteiger partial charge in [-0.3, -0.25) is 15.0 Å². The van der Waals surface area contributed by atoms with E-state index in [1.807, 2.05) is 37.3 Å². The van der Waals surface area contributed by atoms with Crippen molar-refractivity contribution in [3.8, 4) is 0 Å². The Balaban J connectivity index is 1.41. The predicted molar refractivity (Wildman–Crippen MR) is 148 cm³/mol. The Kier molecular flexibility index (Phi) is 8.25. The maximum absolute atomic E-state index is 13.2. The Morgan fingerprint density at radius 2 is 1.90 bits per heavy atom. The average molecular weight is 567 g/mol. The van der Waals surface area contributed by atoms with E-state index in [1.54, 1.807) is 22.8 Å². The molecule has 1 aliphatic rings. The molecule has 0 radical (unpaired) electrons. The lowest BCUT2D eigenvalue weighted by molar-refractivity contribution is -0.137. The van der Waals surface area contributed by atoms with E-state index in [0.29, 0.717) is 56.1 Å². The first-order chi connectivity index (χ1) is 19.7. The van der Waals surface area contributed by atoms with Crippen molar-refractivity contribution in [2.75, 3.05) is 30.0 Å². The molecule has 1 atom stereocenters. The standard InChI is InChI=1S/C30H29F3N4O4/c1-20(18-40-19-21-7-3-2-4-8-21)17-37-26-12-11-24(36-13-6-14-41-29(36)39)16-25(26)34-28(37)35-27(38)22-9-5-10-23(15-22)30(31,32)33/h2-5,7-12,15-16,20H,6,13-14,17-19H2,1H3,(H,34,35,38). The van der Waals surface area contributed by atoms with Crippen molar-refractivity contribution in [3.05, 3.63) is 89.5 Å². The number of fused-ring (bicyclic) bond motifs is 1. The lowest BCUT2D eigenvalue weighted by Gasteiger charge is -2.26. The number of cyclic esters (lactones) is 1. The Hall–Kier alpha value is -4.38. The molecular formula is C30H29F3N4O4. The summed E-state index contributed by atoms with van der Waals surface area (Å²) in [4.78, 5) is 31.5. The monoisotopic (exact) mass is 566 g/mol. The van der Waals surface area contributed by atoms with Gasteiger partial charge in [-0.25, -0.2) is 9.78 Å². The maximum atomic E-state index is 13.2. The molecule has 1 N–H and O–H groups in total. The van der Waals surface area contributed by atoms with Crippen LogP contribution in [0.4, 0.5) is 29.6 Å². The first-order valence-corrected chi connectivity index (χ1v) is 13.2. The van der Waals surface area contributed by atoms with Crippen molar-refractivity contribution in [1.29, 1.82) is 0 Å². The first-order valence-electron chi connectivity index (χ1n) is 13.2. The zero-order chi connectivity index (χ0) is 29.0. The van der Waals surface area contributed by atoms with Gasteiger partial charge in [0.15, 0.2) is 0 Å². The van der Waals surface area contributed by atoms with Gasteiger partial charge >= 0.3 is 12.3 Å². The first kappa shape index (κ1) is 28.2. The molecule has 11 heteroatoms. The number of hydrogen-bond donors (Lipinski definition) is 1. The number of carbonyl (C=O) groups is 2. The lowest BCUT2D eigenvalue weighted by atomic mass is 10.1. The van der Waals surface area contributed by atoms with Crippen LogP contribution in [-0.2, 0) is 28.8 Å². The Morgan fingerprint density at radius 3 is 2.66 bits per heavy atom. The fraction of sp³-hybridized carbons (Fsp3) is 0.300. The number of imidazole rings is 1. The zero-order valence-corrected chi connectivity index (χ0v) is 22.4. The molecule has 1 fully saturated rings. The normalized spacial score (nSPS) is 14.6. The number of rotatable bonds is 9. The molecular weight excluding hydrogens is 537 g/mol. The quantitative estimate of drug-likeness (QED) is 0.250. The Labute approximate surface area is 234 Å². The minimum absolute atomic E-state index is 0.00271. The van der Waals surface area contributed by atoms with Crippen LogP contribution < -0.4 is 10.2 Å². The summed E-state index contributed by atoms with van der Waals surface area (Å²) in [6, 6.07) is 19.3. The molecule has 0 saturated carbocycles. The zero-order valence-electron chi connectivity index (χ0n) is 22.4. The van der Waals surface area contributed by atoms with E-state index in [4.69, 9.17) is 9.47 Å². The highest BCUT2D eigenvalue weighted by Crippen LogP contribution is 2.31. The van der Waals surface area contributed by atoms with Crippen molar-refractivity contribution in [3.63, 3.8) is 0 Å². The highest BCUT2D eigenvalue weighted by atomic mass is 19.4. The van der Waals surface area contributed by atoms with Gasteiger partial charge in [0, 0.05) is 24.3 Å². The van der Waals surface area contributed by atoms with Crippen molar-refractivity contribution >= 4 is 34.7 Å². The summed E-state index contributed by atoms with van der Waals surface area (Å²) in [7, 11) is 0. The Morgan fingerprint density at radius 1 is 1.10 bits per heavy atom. The topological polar surface area (TPSA) is 85.7 Å². The van der Waals surface area contributed by atoms with Crippen LogP contribution in [-0.4, -0.2) is 41.3 Å². The van der Waals surface area contributed by atoms with E-state index in [2.05, 4.69) is 10.3 Å². The van der Waals surface area contributed by atoms with Crippen LogP contribution in [0.3, 0.4) is 0 Å². The van der Waals surface area contributed by atoms with Crippen LogP contribution in [0, 0.1) is 5.92 Å². The molecule has 41 heavy (non-hydrogen) atoms. The maximum Gasteiger partial charge on any atom is 0.416 e. The summed E-state index contributed by atoms with van der Waals surface area (Å²) in [5.41, 5.74) is 1.79. The molecule has 214 valence electrons. The number of amides is 2. The van der Waals surface area contributed by atoms with Gasteiger partial charge in [0.1, 0.15) is 0 Å². The van der Waals surface area contributed by atoms with E-state index >= 15 is 0 Å². The molecule has 2 heterocycles. The highest BCUT2D eigenvalue weighted by Gasteiger charge is 2.31. The third-order valence-corrected chi connectivity index (χ3v) is 6.70. The van der Waals surface area contributed by atoms with Crippen LogP contribution in [0.15, 0.2) is 72.8 Å². The number of anilines is 2. The number of halogens is 3. The molecule has 8 nitrogen and oxygen atoms in total. The summed E-state index contributed by atoms with van der Waals surface area (Å²) < 4.78 is 52.6. The van der Waals surface area contributed by atoms with Gasteiger partial charge in [-0.15, -0.1) is 0 Å². The average Bonchev–Trinajstić information content (AvgIpc) is 3.29. The second-order valence-corrected chi connectivity index (χ2v) is 9.98. The smallest absolute Gasteiger partial charge is 0.416 e. The fourth-order valence-corrected chi connectivity index (χ4v) is 4.68. The summed E-state index contributed by atoms with van der Waals surface area (Å²) in [6.45, 7) is 4.14. The fourth-order valence-electron chi connectivity index (χ4n) is 4.68.